The second kappa shape index (κ2) is 8.90. The zero-order chi connectivity index (χ0) is 15.8. The number of nitrogens with zero attached hydrogens (tertiary/aromatic N) is 1. The highest BCUT2D eigenvalue weighted by molar-refractivity contribution is 6.42. The molecule has 1 rings (SSSR count). The van der Waals surface area contributed by atoms with Gasteiger partial charge in [-0.3, -0.25) is 9.59 Å². The predicted molar refractivity (Wildman–Crippen MR) is 87.0 cm³/mol. The molecule has 0 fully saturated rings. The lowest BCUT2D eigenvalue weighted by Gasteiger charge is -2.21. The zero-order valence-corrected chi connectivity index (χ0v) is 13.8. The molecule has 0 aliphatic carbocycles. The van der Waals surface area contributed by atoms with Crippen LogP contribution in [0.3, 0.4) is 0 Å². The van der Waals surface area contributed by atoms with E-state index < -0.39 is 0 Å². The van der Waals surface area contributed by atoms with Gasteiger partial charge in [0.05, 0.1) is 10.0 Å². The van der Waals surface area contributed by atoms with Gasteiger partial charge in [-0.25, -0.2) is 0 Å². The Balaban J connectivity index is 2.64. The van der Waals surface area contributed by atoms with E-state index in [1.54, 1.807) is 18.2 Å². The lowest BCUT2D eigenvalue weighted by Crippen LogP contribution is -2.34. The van der Waals surface area contributed by atoms with Crippen LogP contribution in [-0.2, 0) is 9.59 Å². The number of hydrogen-bond donors (Lipinski definition) is 1. The summed E-state index contributed by atoms with van der Waals surface area (Å²) in [6.07, 6.45) is 2.24. The third-order valence-corrected chi connectivity index (χ3v) is 3.75. The summed E-state index contributed by atoms with van der Waals surface area (Å²) < 4.78 is 0. The van der Waals surface area contributed by atoms with Crippen molar-refractivity contribution in [3.63, 3.8) is 0 Å². The number of carbonyl (C=O) groups excluding carboxylic acids is 2. The van der Waals surface area contributed by atoms with E-state index in [4.69, 9.17) is 23.2 Å². The number of halogens is 2. The smallest absolute Gasteiger partial charge is 0.223 e. The van der Waals surface area contributed by atoms with E-state index in [2.05, 4.69) is 12.2 Å². The molecule has 1 aromatic carbocycles. The van der Waals surface area contributed by atoms with E-state index in [0.29, 0.717) is 28.8 Å². The number of nitrogens with one attached hydrogen (secondary N) is 1. The largest absolute Gasteiger partial charge is 0.356 e. The Morgan fingerprint density at radius 1 is 1.24 bits per heavy atom. The molecule has 0 unspecified atom stereocenters. The van der Waals surface area contributed by atoms with Crippen LogP contribution in [0.4, 0.5) is 5.69 Å². The minimum absolute atomic E-state index is 0.0604. The van der Waals surface area contributed by atoms with E-state index in [-0.39, 0.29) is 18.2 Å². The molecular formula is C15H20Cl2N2O2. The summed E-state index contributed by atoms with van der Waals surface area (Å²) in [6.45, 7) is 4.50. The van der Waals surface area contributed by atoms with Crippen LogP contribution < -0.4 is 10.2 Å². The van der Waals surface area contributed by atoms with Gasteiger partial charge in [-0.2, -0.15) is 0 Å². The molecule has 1 aromatic rings. The Morgan fingerprint density at radius 2 is 1.95 bits per heavy atom. The Hall–Kier alpha value is -1.26. The number of carbonyl (C=O) groups is 2. The van der Waals surface area contributed by atoms with Crippen LogP contribution in [0.5, 0.6) is 0 Å². The van der Waals surface area contributed by atoms with Crippen molar-refractivity contribution in [1.82, 2.24) is 5.32 Å². The molecule has 0 heterocycles. The van der Waals surface area contributed by atoms with Crippen molar-refractivity contribution in [2.45, 2.75) is 33.1 Å². The van der Waals surface area contributed by atoms with Crippen molar-refractivity contribution < 1.29 is 9.59 Å². The third-order valence-electron chi connectivity index (χ3n) is 3.01. The molecule has 0 aliphatic heterocycles. The summed E-state index contributed by atoms with van der Waals surface area (Å²) in [5, 5.41) is 3.64. The van der Waals surface area contributed by atoms with Gasteiger partial charge < -0.3 is 10.2 Å². The highest BCUT2D eigenvalue weighted by Gasteiger charge is 2.14. The Bertz CT molecular complexity index is 506. The van der Waals surface area contributed by atoms with Crippen LogP contribution >= 0.6 is 23.2 Å². The average Bonchev–Trinajstić information content (AvgIpc) is 2.43. The first kappa shape index (κ1) is 17.8. The van der Waals surface area contributed by atoms with Crippen LogP contribution in [0.15, 0.2) is 18.2 Å². The van der Waals surface area contributed by atoms with E-state index in [9.17, 15) is 9.59 Å². The van der Waals surface area contributed by atoms with Gasteiger partial charge in [0.25, 0.3) is 0 Å². The minimum Gasteiger partial charge on any atom is -0.356 e. The average molecular weight is 331 g/mol. The molecule has 0 spiro atoms. The molecule has 0 bridgehead atoms. The number of hydrogen-bond acceptors (Lipinski definition) is 2. The maximum absolute atomic E-state index is 11.7. The van der Waals surface area contributed by atoms with Crippen LogP contribution in [-0.4, -0.2) is 24.9 Å². The van der Waals surface area contributed by atoms with Crippen LogP contribution in [0, 0.1) is 0 Å². The van der Waals surface area contributed by atoms with Crippen molar-refractivity contribution in [2.24, 2.45) is 0 Å². The number of rotatable bonds is 7. The first-order chi connectivity index (χ1) is 9.95. The molecule has 0 radical (unpaired) electrons. The van der Waals surface area contributed by atoms with E-state index >= 15 is 0 Å². The van der Waals surface area contributed by atoms with Crippen LogP contribution in [0.1, 0.15) is 33.1 Å². The summed E-state index contributed by atoms with van der Waals surface area (Å²) in [4.78, 5) is 24.9. The molecule has 2 amide bonds. The molecule has 0 aliphatic rings. The molecular weight excluding hydrogens is 311 g/mol. The molecule has 0 saturated heterocycles. The predicted octanol–water partition coefficient (Wildman–Crippen LogP) is 3.65. The van der Waals surface area contributed by atoms with Crippen molar-refractivity contribution >= 4 is 40.7 Å². The molecule has 6 heteroatoms. The Labute approximate surface area is 135 Å². The maximum atomic E-state index is 11.7. The topological polar surface area (TPSA) is 49.4 Å². The zero-order valence-electron chi connectivity index (χ0n) is 12.3. The second-order valence-electron chi connectivity index (χ2n) is 4.72. The monoisotopic (exact) mass is 330 g/mol. The summed E-state index contributed by atoms with van der Waals surface area (Å²) >= 11 is 11.8. The fourth-order valence-corrected chi connectivity index (χ4v) is 2.12. The van der Waals surface area contributed by atoms with Gasteiger partial charge in [-0.05, 0) is 24.6 Å². The van der Waals surface area contributed by atoms with Gasteiger partial charge in [-0.15, -0.1) is 0 Å². The standard InChI is InChI=1S/C15H20Cl2N2O2/c1-3-4-8-18-15(21)7-9-19(11(2)20)12-5-6-13(16)14(17)10-12/h5-6,10H,3-4,7-9H2,1-2H3,(H,18,21). The molecule has 21 heavy (non-hydrogen) atoms. The number of anilines is 1. The molecule has 0 saturated carbocycles. The maximum Gasteiger partial charge on any atom is 0.223 e. The normalized spacial score (nSPS) is 10.3. The SMILES string of the molecule is CCCCNC(=O)CCN(C(C)=O)c1ccc(Cl)c(Cl)c1. The third kappa shape index (κ3) is 5.94. The highest BCUT2D eigenvalue weighted by Crippen LogP contribution is 2.27. The van der Waals surface area contributed by atoms with Crippen molar-refractivity contribution in [3.8, 4) is 0 Å². The molecule has 1 N–H and O–H groups in total. The number of unbranched alkanes of at least 4 members (excludes halogenated alkanes) is 1. The highest BCUT2D eigenvalue weighted by atomic mass is 35.5. The van der Waals surface area contributed by atoms with E-state index in [1.165, 1.54) is 11.8 Å². The van der Waals surface area contributed by atoms with Gasteiger partial charge in [0.15, 0.2) is 0 Å². The Morgan fingerprint density at radius 3 is 2.52 bits per heavy atom. The molecule has 4 nitrogen and oxygen atoms in total. The molecule has 116 valence electrons. The summed E-state index contributed by atoms with van der Waals surface area (Å²) in [5.41, 5.74) is 0.637. The summed E-state index contributed by atoms with van der Waals surface area (Å²) in [7, 11) is 0. The first-order valence-electron chi connectivity index (χ1n) is 6.95. The fourth-order valence-electron chi connectivity index (χ4n) is 1.83. The first-order valence-corrected chi connectivity index (χ1v) is 7.71. The molecule has 0 atom stereocenters. The van der Waals surface area contributed by atoms with Crippen molar-refractivity contribution in [3.05, 3.63) is 28.2 Å². The quantitative estimate of drug-likeness (QED) is 0.775. The minimum atomic E-state index is -0.144. The second-order valence-corrected chi connectivity index (χ2v) is 5.54. The van der Waals surface area contributed by atoms with E-state index in [1.807, 2.05) is 0 Å². The van der Waals surface area contributed by atoms with Crippen molar-refractivity contribution in [1.29, 1.82) is 0 Å². The lowest BCUT2D eigenvalue weighted by molar-refractivity contribution is -0.121. The van der Waals surface area contributed by atoms with Crippen LogP contribution in [0.25, 0.3) is 0 Å². The van der Waals surface area contributed by atoms with Crippen molar-refractivity contribution in [2.75, 3.05) is 18.0 Å². The van der Waals surface area contributed by atoms with Gasteiger partial charge in [0.2, 0.25) is 11.8 Å². The van der Waals surface area contributed by atoms with E-state index in [0.717, 1.165) is 12.8 Å². The van der Waals surface area contributed by atoms with Gasteiger partial charge in [-0.1, -0.05) is 36.5 Å². The van der Waals surface area contributed by atoms with Gasteiger partial charge in [0.1, 0.15) is 0 Å². The van der Waals surface area contributed by atoms with Crippen LogP contribution in [0.2, 0.25) is 10.0 Å². The summed E-state index contributed by atoms with van der Waals surface area (Å²) in [5.74, 6) is -0.204. The number of benzene rings is 1. The summed E-state index contributed by atoms with van der Waals surface area (Å²) in [6, 6.07) is 4.97. The van der Waals surface area contributed by atoms with Gasteiger partial charge in [0, 0.05) is 32.1 Å². The number of amides is 2. The Kier molecular flexibility index (Phi) is 7.54. The molecule has 0 aromatic heterocycles. The van der Waals surface area contributed by atoms with Gasteiger partial charge >= 0.3 is 0 Å². The fraction of sp³-hybridized carbons (Fsp3) is 0.467. The lowest BCUT2D eigenvalue weighted by atomic mass is 10.2.